The number of nitrogens with zero attached hydrogens (tertiary/aromatic N) is 2. The lowest BCUT2D eigenvalue weighted by atomic mass is 9.91. The Balaban J connectivity index is 0.00000280. The number of halogens is 1. The molecule has 1 atom stereocenters. The van der Waals surface area contributed by atoms with Gasteiger partial charge in [0.15, 0.2) is 5.96 Å². The maximum Gasteiger partial charge on any atom is 0.193 e. The van der Waals surface area contributed by atoms with Crippen molar-refractivity contribution < 1.29 is 4.74 Å². The lowest BCUT2D eigenvalue weighted by Gasteiger charge is -2.25. The van der Waals surface area contributed by atoms with Gasteiger partial charge < -0.3 is 15.0 Å². The zero-order valence-corrected chi connectivity index (χ0v) is 19.2. The normalized spacial score (nSPS) is 16.7. The van der Waals surface area contributed by atoms with Gasteiger partial charge >= 0.3 is 0 Å². The Bertz CT molecular complexity index is 663. The van der Waals surface area contributed by atoms with Crippen LogP contribution in [0.25, 0.3) is 0 Å². The predicted octanol–water partition coefficient (Wildman–Crippen LogP) is 4.37. The number of guanidine groups is 1. The van der Waals surface area contributed by atoms with Crippen LogP contribution in [0.15, 0.2) is 65.7 Å². The second-order valence-electron chi connectivity index (χ2n) is 7.18. The summed E-state index contributed by atoms with van der Waals surface area (Å²) in [5, 5.41) is 3.45. The van der Waals surface area contributed by atoms with Crippen LogP contribution in [0, 0.1) is 5.92 Å². The van der Waals surface area contributed by atoms with Crippen molar-refractivity contribution in [3.8, 4) is 0 Å². The van der Waals surface area contributed by atoms with E-state index in [2.05, 4.69) is 84.9 Å². The zero-order valence-electron chi connectivity index (χ0n) is 16.9. The average molecular weight is 493 g/mol. The minimum Gasteiger partial charge on any atom is -0.381 e. The maximum atomic E-state index is 5.52. The summed E-state index contributed by atoms with van der Waals surface area (Å²) in [4.78, 5) is 7.25. The van der Waals surface area contributed by atoms with Gasteiger partial charge in [-0.05, 0) is 24.5 Å². The van der Waals surface area contributed by atoms with Crippen molar-refractivity contribution in [3.63, 3.8) is 0 Å². The van der Waals surface area contributed by atoms with Crippen LogP contribution in [-0.2, 0) is 4.74 Å². The monoisotopic (exact) mass is 493 g/mol. The fourth-order valence-electron chi connectivity index (χ4n) is 3.62. The summed E-state index contributed by atoms with van der Waals surface area (Å²) < 4.78 is 5.52. The molecule has 1 aliphatic rings. The van der Waals surface area contributed by atoms with E-state index in [-0.39, 0.29) is 29.9 Å². The maximum absolute atomic E-state index is 5.52. The van der Waals surface area contributed by atoms with E-state index in [0.29, 0.717) is 5.92 Å². The first-order chi connectivity index (χ1) is 13.3. The number of aliphatic imine (C=N–C) groups is 1. The topological polar surface area (TPSA) is 36.9 Å². The Labute approximate surface area is 186 Å². The Morgan fingerprint density at radius 2 is 1.71 bits per heavy atom. The molecule has 0 radical (unpaired) electrons. The van der Waals surface area contributed by atoms with Crippen LogP contribution >= 0.6 is 24.0 Å². The van der Waals surface area contributed by atoms with Gasteiger partial charge in [-0.3, -0.25) is 4.99 Å². The van der Waals surface area contributed by atoms with Gasteiger partial charge in [0.25, 0.3) is 0 Å². The van der Waals surface area contributed by atoms with E-state index in [9.17, 15) is 0 Å². The summed E-state index contributed by atoms with van der Waals surface area (Å²) in [7, 11) is 2.12. The van der Waals surface area contributed by atoms with Gasteiger partial charge in [0, 0.05) is 38.6 Å². The van der Waals surface area contributed by atoms with E-state index < -0.39 is 0 Å². The standard InChI is InChI=1S/C23H31N3O.HI/c1-3-24-23(26(2)17-19-14-15-27-18-19)25-16-22(20-10-6-4-7-11-20)21-12-8-5-9-13-21;/h4-13,19,22H,3,14-18H2,1-2H3,(H,24,25);1H. The van der Waals surface area contributed by atoms with Crippen molar-refractivity contribution in [1.29, 1.82) is 0 Å². The predicted molar refractivity (Wildman–Crippen MR) is 128 cm³/mol. The second kappa shape index (κ2) is 12.1. The highest BCUT2D eigenvalue weighted by Crippen LogP contribution is 2.25. The van der Waals surface area contributed by atoms with Crippen LogP contribution in [0.3, 0.4) is 0 Å². The van der Waals surface area contributed by atoms with Crippen LogP contribution in [-0.4, -0.2) is 50.8 Å². The third-order valence-electron chi connectivity index (χ3n) is 5.08. The molecule has 3 rings (SSSR count). The molecule has 0 bridgehead atoms. The molecule has 1 heterocycles. The van der Waals surface area contributed by atoms with E-state index >= 15 is 0 Å². The molecule has 28 heavy (non-hydrogen) atoms. The molecule has 5 heteroatoms. The van der Waals surface area contributed by atoms with Crippen LogP contribution in [0.4, 0.5) is 0 Å². The molecule has 152 valence electrons. The molecule has 0 amide bonds. The molecule has 1 aliphatic heterocycles. The Morgan fingerprint density at radius 3 is 2.21 bits per heavy atom. The summed E-state index contributed by atoms with van der Waals surface area (Å²) in [5.74, 6) is 1.82. The van der Waals surface area contributed by atoms with Crippen molar-refractivity contribution in [1.82, 2.24) is 10.2 Å². The van der Waals surface area contributed by atoms with Crippen LogP contribution in [0.2, 0.25) is 0 Å². The number of rotatable bonds is 7. The number of hydrogen-bond donors (Lipinski definition) is 1. The van der Waals surface area contributed by atoms with Gasteiger partial charge in [0.2, 0.25) is 0 Å². The Kier molecular flexibility index (Phi) is 9.78. The Hall–Kier alpha value is -1.60. The molecule has 2 aromatic rings. The first kappa shape index (κ1) is 22.7. The molecule has 0 spiro atoms. The van der Waals surface area contributed by atoms with Gasteiger partial charge in [0.1, 0.15) is 0 Å². The van der Waals surface area contributed by atoms with Crippen molar-refractivity contribution in [3.05, 3.63) is 71.8 Å². The molecule has 0 aliphatic carbocycles. The highest BCUT2D eigenvalue weighted by Gasteiger charge is 2.20. The van der Waals surface area contributed by atoms with E-state index in [4.69, 9.17) is 9.73 Å². The average Bonchev–Trinajstić information content (AvgIpc) is 3.22. The van der Waals surface area contributed by atoms with Gasteiger partial charge in [-0.2, -0.15) is 0 Å². The Morgan fingerprint density at radius 1 is 1.11 bits per heavy atom. The summed E-state index contributed by atoms with van der Waals surface area (Å²) in [6.07, 6.45) is 1.14. The molecule has 1 fully saturated rings. The van der Waals surface area contributed by atoms with E-state index in [1.807, 2.05) is 0 Å². The fraction of sp³-hybridized carbons (Fsp3) is 0.435. The summed E-state index contributed by atoms with van der Waals surface area (Å²) in [6, 6.07) is 21.3. The fourth-order valence-corrected chi connectivity index (χ4v) is 3.62. The van der Waals surface area contributed by atoms with Gasteiger partial charge in [-0.15, -0.1) is 24.0 Å². The molecule has 1 saturated heterocycles. The quantitative estimate of drug-likeness (QED) is 0.354. The number of ether oxygens (including phenoxy) is 1. The summed E-state index contributed by atoms with van der Waals surface area (Å²) in [5.41, 5.74) is 2.60. The second-order valence-corrected chi connectivity index (χ2v) is 7.18. The van der Waals surface area contributed by atoms with Crippen molar-refractivity contribution >= 4 is 29.9 Å². The number of nitrogens with one attached hydrogen (secondary N) is 1. The molecular formula is C23H32IN3O. The third kappa shape index (κ3) is 6.48. The zero-order chi connectivity index (χ0) is 18.9. The molecular weight excluding hydrogens is 461 g/mol. The minimum absolute atomic E-state index is 0. The van der Waals surface area contributed by atoms with Crippen LogP contribution in [0.5, 0.6) is 0 Å². The molecule has 1 unspecified atom stereocenters. The molecule has 4 nitrogen and oxygen atoms in total. The molecule has 0 saturated carbocycles. The first-order valence-electron chi connectivity index (χ1n) is 9.95. The summed E-state index contributed by atoms with van der Waals surface area (Å²) >= 11 is 0. The van der Waals surface area contributed by atoms with Crippen molar-refractivity contribution in [2.75, 3.05) is 39.9 Å². The highest BCUT2D eigenvalue weighted by atomic mass is 127. The number of benzene rings is 2. The lowest BCUT2D eigenvalue weighted by Crippen LogP contribution is -2.41. The van der Waals surface area contributed by atoms with Crippen LogP contribution < -0.4 is 5.32 Å². The molecule has 1 N–H and O–H groups in total. The minimum atomic E-state index is 0. The van der Waals surface area contributed by atoms with Crippen molar-refractivity contribution in [2.45, 2.75) is 19.3 Å². The third-order valence-corrected chi connectivity index (χ3v) is 5.08. The smallest absolute Gasteiger partial charge is 0.193 e. The van der Waals surface area contributed by atoms with Crippen molar-refractivity contribution in [2.24, 2.45) is 10.9 Å². The van der Waals surface area contributed by atoms with E-state index in [1.165, 1.54) is 11.1 Å². The summed E-state index contributed by atoms with van der Waals surface area (Å²) in [6.45, 7) is 6.44. The SMILES string of the molecule is CCNC(=NCC(c1ccccc1)c1ccccc1)N(C)CC1CCOC1.I. The van der Waals surface area contributed by atoms with Gasteiger partial charge in [0.05, 0.1) is 13.2 Å². The molecule has 0 aromatic heterocycles. The largest absolute Gasteiger partial charge is 0.381 e. The number of hydrogen-bond acceptors (Lipinski definition) is 2. The van der Waals surface area contributed by atoms with E-state index in [0.717, 1.165) is 45.2 Å². The highest BCUT2D eigenvalue weighted by molar-refractivity contribution is 14.0. The molecule has 2 aromatic carbocycles. The van der Waals surface area contributed by atoms with Gasteiger partial charge in [-0.25, -0.2) is 0 Å². The lowest BCUT2D eigenvalue weighted by molar-refractivity contribution is 0.181. The first-order valence-corrected chi connectivity index (χ1v) is 9.95. The van der Waals surface area contributed by atoms with Crippen LogP contribution in [0.1, 0.15) is 30.4 Å². The van der Waals surface area contributed by atoms with Gasteiger partial charge in [-0.1, -0.05) is 60.7 Å². The van der Waals surface area contributed by atoms with E-state index in [1.54, 1.807) is 0 Å².